The number of thiophene rings is 1. The van der Waals surface area contributed by atoms with Crippen molar-refractivity contribution in [1.29, 1.82) is 0 Å². The maximum Gasteiger partial charge on any atom is 0.0945 e. The molecule has 0 unspecified atom stereocenters. The molecule has 110 valence electrons. The Morgan fingerprint density at radius 2 is 2.10 bits per heavy atom. The zero-order valence-corrected chi connectivity index (χ0v) is 13.5. The predicted molar refractivity (Wildman–Crippen MR) is 86.2 cm³/mol. The van der Waals surface area contributed by atoms with Crippen molar-refractivity contribution in [2.75, 3.05) is 6.54 Å². The van der Waals surface area contributed by atoms with Gasteiger partial charge in [-0.3, -0.25) is 0 Å². The third-order valence-electron chi connectivity index (χ3n) is 3.28. The minimum Gasteiger partial charge on any atom is -0.337 e. The zero-order valence-electron chi connectivity index (χ0n) is 12.7. The number of nitrogens with zero attached hydrogens (tertiary/aromatic N) is 2. The van der Waals surface area contributed by atoms with Gasteiger partial charge in [0.25, 0.3) is 0 Å². The van der Waals surface area contributed by atoms with Crippen LogP contribution >= 0.6 is 11.3 Å². The molecule has 3 nitrogen and oxygen atoms in total. The highest BCUT2D eigenvalue weighted by molar-refractivity contribution is 7.12. The van der Waals surface area contributed by atoms with E-state index in [-0.39, 0.29) is 5.41 Å². The van der Waals surface area contributed by atoms with Gasteiger partial charge in [-0.2, -0.15) is 0 Å². The summed E-state index contributed by atoms with van der Waals surface area (Å²) < 4.78 is 2.13. The largest absolute Gasteiger partial charge is 0.337 e. The molecule has 0 amide bonds. The molecule has 2 aromatic heterocycles. The van der Waals surface area contributed by atoms with Gasteiger partial charge in [-0.15, -0.1) is 11.3 Å². The van der Waals surface area contributed by atoms with Gasteiger partial charge < -0.3 is 9.88 Å². The molecular formula is C16H25N3S. The van der Waals surface area contributed by atoms with E-state index in [1.54, 1.807) is 0 Å². The predicted octanol–water partition coefficient (Wildman–Crippen LogP) is 3.81. The van der Waals surface area contributed by atoms with Crippen molar-refractivity contribution < 1.29 is 0 Å². The molecule has 0 saturated carbocycles. The highest BCUT2D eigenvalue weighted by atomic mass is 32.1. The second-order valence-corrected chi connectivity index (χ2v) is 7.37. The first kappa shape index (κ1) is 15.3. The highest BCUT2D eigenvalue weighted by Crippen LogP contribution is 2.29. The number of aromatic nitrogens is 2. The molecular weight excluding hydrogens is 266 g/mol. The Labute approximate surface area is 126 Å². The molecule has 0 aliphatic heterocycles. The quantitative estimate of drug-likeness (QED) is 0.786. The van der Waals surface area contributed by atoms with Gasteiger partial charge in [-0.05, 0) is 36.9 Å². The van der Waals surface area contributed by atoms with Crippen LogP contribution in [-0.2, 0) is 18.5 Å². The van der Waals surface area contributed by atoms with Gasteiger partial charge in [0.05, 0.1) is 6.33 Å². The van der Waals surface area contributed by atoms with E-state index in [4.69, 9.17) is 0 Å². The maximum absolute atomic E-state index is 4.05. The molecule has 0 aliphatic rings. The summed E-state index contributed by atoms with van der Waals surface area (Å²) in [5.41, 5.74) is 0.272. The Bertz CT molecular complexity index is 494. The van der Waals surface area contributed by atoms with Gasteiger partial charge in [-0.25, -0.2) is 4.98 Å². The Kier molecular flexibility index (Phi) is 5.38. The van der Waals surface area contributed by atoms with E-state index in [0.29, 0.717) is 0 Å². The molecule has 1 N–H and O–H groups in total. The van der Waals surface area contributed by atoms with Crippen LogP contribution in [0.15, 0.2) is 30.9 Å². The Balaban J connectivity index is 1.60. The number of rotatable bonds is 7. The Morgan fingerprint density at radius 3 is 2.75 bits per heavy atom. The summed E-state index contributed by atoms with van der Waals surface area (Å²) in [6.45, 7) is 9.95. The third-order valence-corrected chi connectivity index (χ3v) is 4.79. The smallest absolute Gasteiger partial charge is 0.0945 e. The topological polar surface area (TPSA) is 29.9 Å². The lowest BCUT2D eigenvalue weighted by Gasteiger charge is -2.15. The second-order valence-electron chi connectivity index (χ2n) is 6.20. The first-order valence-electron chi connectivity index (χ1n) is 7.31. The monoisotopic (exact) mass is 291 g/mol. The summed E-state index contributed by atoms with van der Waals surface area (Å²) in [7, 11) is 0. The van der Waals surface area contributed by atoms with Crippen molar-refractivity contribution in [3.8, 4) is 0 Å². The van der Waals surface area contributed by atoms with Crippen molar-refractivity contribution >= 4 is 11.3 Å². The lowest BCUT2D eigenvalue weighted by atomic mass is 9.95. The van der Waals surface area contributed by atoms with E-state index < -0.39 is 0 Å². The van der Waals surface area contributed by atoms with Crippen LogP contribution in [0.2, 0.25) is 0 Å². The summed E-state index contributed by atoms with van der Waals surface area (Å²) >= 11 is 1.93. The average molecular weight is 291 g/mol. The number of hydrogen-bond acceptors (Lipinski definition) is 3. The van der Waals surface area contributed by atoms with E-state index >= 15 is 0 Å². The average Bonchev–Trinajstić information content (AvgIpc) is 3.04. The van der Waals surface area contributed by atoms with Crippen LogP contribution in [-0.4, -0.2) is 16.1 Å². The van der Waals surface area contributed by atoms with Crippen molar-refractivity contribution in [2.45, 2.75) is 52.1 Å². The fourth-order valence-electron chi connectivity index (χ4n) is 2.05. The van der Waals surface area contributed by atoms with Crippen LogP contribution in [0.4, 0.5) is 0 Å². The molecule has 2 rings (SSSR count). The van der Waals surface area contributed by atoms with Gasteiger partial charge in [0.15, 0.2) is 0 Å². The molecule has 2 aromatic rings. The molecule has 0 fully saturated rings. The summed E-state index contributed by atoms with van der Waals surface area (Å²) in [6, 6.07) is 4.52. The van der Waals surface area contributed by atoms with Crippen LogP contribution < -0.4 is 5.32 Å². The standard InChI is InChI=1S/C16H25N3S/c1-16(2,3)15-7-6-14(20-15)12-17-8-4-5-10-19-11-9-18-13-19/h6-7,9,11,13,17H,4-5,8,10,12H2,1-3H3. The number of imidazole rings is 1. The zero-order chi connectivity index (χ0) is 14.4. The van der Waals surface area contributed by atoms with E-state index in [9.17, 15) is 0 Å². The maximum atomic E-state index is 4.05. The van der Waals surface area contributed by atoms with Gasteiger partial charge in [0.1, 0.15) is 0 Å². The fourth-order valence-corrected chi connectivity index (χ4v) is 3.09. The SMILES string of the molecule is CC(C)(C)c1ccc(CNCCCCn2ccnc2)s1. The molecule has 0 spiro atoms. The summed E-state index contributed by atoms with van der Waals surface area (Å²) in [5, 5.41) is 3.53. The second kappa shape index (κ2) is 7.04. The first-order valence-corrected chi connectivity index (χ1v) is 8.13. The molecule has 0 atom stereocenters. The molecule has 20 heavy (non-hydrogen) atoms. The normalized spacial score (nSPS) is 11.9. The lowest BCUT2D eigenvalue weighted by Crippen LogP contribution is -2.14. The van der Waals surface area contributed by atoms with Gasteiger partial charge in [0.2, 0.25) is 0 Å². The Hall–Kier alpha value is -1.13. The number of hydrogen-bond donors (Lipinski definition) is 1. The van der Waals surface area contributed by atoms with E-state index in [0.717, 1.165) is 19.6 Å². The van der Waals surface area contributed by atoms with Crippen LogP contribution in [0.5, 0.6) is 0 Å². The first-order chi connectivity index (χ1) is 9.55. The highest BCUT2D eigenvalue weighted by Gasteiger charge is 2.15. The van der Waals surface area contributed by atoms with Crippen molar-refractivity contribution in [1.82, 2.24) is 14.9 Å². The van der Waals surface area contributed by atoms with E-state index in [2.05, 4.69) is 47.8 Å². The number of aryl methyl sites for hydroxylation is 1. The number of nitrogens with one attached hydrogen (secondary N) is 1. The third kappa shape index (κ3) is 4.76. The van der Waals surface area contributed by atoms with Gasteiger partial charge in [0, 0.05) is 35.2 Å². The van der Waals surface area contributed by atoms with Crippen LogP contribution in [0.25, 0.3) is 0 Å². The van der Waals surface area contributed by atoms with Crippen LogP contribution in [0.3, 0.4) is 0 Å². The minimum absolute atomic E-state index is 0.272. The van der Waals surface area contributed by atoms with Crippen molar-refractivity contribution in [3.63, 3.8) is 0 Å². The molecule has 4 heteroatoms. The molecule has 0 saturated heterocycles. The molecule has 0 bridgehead atoms. The van der Waals surface area contributed by atoms with Gasteiger partial charge >= 0.3 is 0 Å². The summed E-state index contributed by atoms with van der Waals surface area (Å²) in [5.74, 6) is 0. The van der Waals surface area contributed by atoms with Crippen molar-refractivity contribution in [2.24, 2.45) is 0 Å². The van der Waals surface area contributed by atoms with Crippen LogP contribution in [0, 0.1) is 0 Å². The summed E-state index contributed by atoms with van der Waals surface area (Å²) in [4.78, 5) is 6.95. The molecule has 0 aliphatic carbocycles. The van der Waals surface area contributed by atoms with Crippen LogP contribution in [0.1, 0.15) is 43.4 Å². The van der Waals surface area contributed by atoms with E-state index in [1.165, 1.54) is 22.6 Å². The molecule has 2 heterocycles. The fraction of sp³-hybridized carbons (Fsp3) is 0.562. The van der Waals surface area contributed by atoms with Crippen molar-refractivity contribution in [3.05, 3.63) is 40.6 Å². The molecule has 0 aromatic carbocycles. The van der Waals surface area contributed by atoms with E-state index in [1.807, 2.05) is 30.1 Å². The molecule has 0 radical (unpaired) electrons. The minimum atomic E-state index is 0.272. The lowest BCUT2D eigenvalue weighted by molar-refractivity contribution is 0.570. The number of unbranched alkanes of at least 4 members (excludes halogenated alkanes) is 1. The summed E-state index contributed by atoms with van der Waals surface area (Å²) in [6.07, 6.45) is 8.14. The Morgan fingerprint density at radius 1 is 1.25 bits per heavy atom. The van der Waals surface area contributed by atoms with Gasteiger partial charge in [-0.1, -0.05) is 20.8 Å².